The lowest BCUT2D eigenvalue weighted by atomic mass is 10.3. The predicted molar refractivity (Wildman–Crippen MR) is 64.8 cm³/mol. The number of rotatable bonds is 3. The smallest absolute Gasteiger partial charge is 0.258 e. The highest BCUT2D eigenvalue weighted by Gasteiger charge is 2.44. The van der Waals surface area contributed by atoms with Crippen molar-refractivity contribution in [2.45, 2.75) is 25.8 Å². The van der Waals surface area contributed by atoms with Crippen LogP contribution < -0.4 is 0 Å². The Morgan fingerprint density at radius 1 is 1.26 bits per heavy atom. The van der Waals surface area contributed by atoms with Crippen molar-refractivity contribution in [3.05, 3.63) is 37.6 Å². The van der Waals surface area contributed by atoms with Crippen molar-refractivity contribution in [1.82, 2.24) is 14.8 Å². The standard InChI is InChI=1S/C10H6F6N4O2S/c1-4-6(20(21)22)2-5(23-4)3-19-8(10(14,15)16)17-7(18-19)9(11,12)13/h2H,3H2,1H3. The van der Waals surface area contributed by atoms with Crippen molar-refractivity contribution >= 4 is 17.0 Å². The molecule has 0 aliphatic rings. The molecule has 0 aromatic carbocycles. The highest BCUT2D eigenvalue weighted by Crippen LogP contribution is 2.34. The van der Waals surface area contributed by atoms with E-state index in [0.29, 0.717) is 0 Å². The van der Waals surface area contributed by atoms with Crippen LogP contribution in [0.3, 0.4) is 0 Å². The maximum atomic E-state index is 12.8. The minimum atomic E-state index is -5.14. The fraction of sp³-hybridized carbons (Fsp3) is 0.400. The Morgan fingerprint density at radius 2 is 1.87 bits per heavy atom. The summed E-state index contributed by atoms with van der Waals surface area (Å²) in [6, 6.07) is 0.995. The molecule has 0 amide bonds. The van der Waals surface area contributed by atoms with Gasteiger partial charge in [-0.05, 0) is 6.92 Å². The number of aryl methyl sites for hydroxylation is 1. The number of thiophene rings is 1. The van der Waals surface area contributed by atoms with Crippen LogP contribution in [0.15, 0.2) is 6.07 Å². The molecule has 2 rings (SSSR count). The lowest BCUT2D eigenvalue weighted by Crippen LogP contribution is -2.16. The lowest BCUT2D eigenvalue weighted by Gasteiger charge is -2.06. The molecule has 0 aliphatic heterocycles. The summed E-state index contributed by atoms with van der Waals surface area (Å²) in [7, 11) is 0. The van der Waals surface area contributed by atoms with Crippen LogP contribution in [-0.4, -0.2) is 19.7 Å². The molecule has 2 heterocycles. The summed E-state index contributed by atoms with van der Waals surface area (Å²) in [5.74, 6) is -3.74. The second-order valence-corrected chi connectivity index (χ2v) is 5.66. The molecule has 0 saturated heterocycles. The molecule has 0 saturated carbocycles. The van der Waals surface area contributed by atoms with Crippen molar-refractivity contribution in [2.24, 2.45) is 0 Å². The van der Waals surface area contributed by atoms with Gasteiger partial charge in [0.15, 0.2) is 0 Å². The fourth-order valence-corrected chi connectivity index (χ4v) is 2.71. The van der Waals surface area contributed by atoms with Gasteiger partial charge >= 0.3 is 12.4 Å². The average Bonchev–Trinajstić information content (AvgIpc) is 2.92. The van der Waals surface area contributed by atoms with Gasteiger partial charge in [0.1, 0.15) is 0 Å². The lowest BCUT2D eigenvalue weighted by molar-refractivity contribution is -0.385. The van der Waals surface area contributed by atoms with Gasteiger partial charge in [-0.3, -0.25) is 10.1 Å². The van der Waals surface area contributed by atoms with Crippen LogP contribution in [0.25, 0.3) is 0 Å². The van der Waals surface area contributed by atoms with E-state index in [0.717, 1.165) is 17.4 Å². The van der Waals surface area contributed by atoms with Gasteiger partial charge in [-0.15, -0.1) is 16.4 Å². The molecule has 2 aromatic heterocycles. The zero-order valence-corrected chi connectivity index (χ0v) is 11.9. The Hall–Kier alpha value is -2.18. The van der Waals surface area contributed by atoms with Crippen LogP contribution in [-0.2, 0) is 18.9 Å². The van der Waals surface area contributed by atoms with Gasteiger partial charge in [0, 0.05) is 10.9 Å². The number of halogens is 6. The van der Waals surface area contributed by atoms with Crippen LogP contribution in [0.4, 0.5) is 32.0 Å². The molecule has 13 heteroatoms. The van der Waals surface area contributed by atoms with E-state index in [1.807, 2.05) is 0 Å². The maximum Gasteiger partial charge on any atom is 0.453 e. The third-order valence-corrected chi connectivity index (χ3v) is 3.65. The van der Waals surface area contributed by atoms with E-state index in [2.05, 4.69) is 10.1 Å². The second kappa shape index (κ2) is 5.47. The first-order chi connectivity index (χ1) is 10.4. The van der Waals surface area contributed by atoms with Gasteiger partial charge in [0.25, 0.3) is 11.5 Å². The first kappa shape index (κ1) is 17.2. The fourth-order valence-electron chi connectivity index (χ4n) is 1.72. The van der Waals surface area contributed by atoms with Gasteiger partial charge < -0.3 is 0 Å². The Balaban J connectivity index is 2.44. The Labute approximate surface area is 127 Å². The zero-order valence-electron chi connectivity index (χ0n) is 11.1. The summed E-state index contributed by atoms with van der Waals surface area (Å²) in [6.45, 7) is 0.663. The zero-order chi connectivity index (χ0) is 17.6. The molecular weight excluding hydrogens is 354 g/mol. The van der Waals surface area contributed by atoms with E-state index in [1.165, 1.54) is 6.92 Å². The molecule has 2 aromatic rings. The molecule has 0 bridgehead atoms. The van der Waals surface area contributed by atoms with E-state index in [9.17, 15) is 36.5 Å². The van der Waals surface area contributed by atoms with Crippen LogP contribution in [0.1, 0.15) is 21.4 Å². The maximum absolute atomic E-state index is 12.8. The Kier molecular flexibility index (Phi) is 4.09. The van der Waals surface area contributed by atoms with Crippen LogP contribution in [0, 0.1) is 17.0 Å². The van der Waals surface area contributed by atoms with Crippen molar-refractivity contribution in [2.75, 3.05) is 0 Å². The minimum Gasteiger partial charge on any atom is -0.258 e. The SMILES string of the molecule is Cc1sc(Cn2nc(C(F)(F)F)nc2C(F)(F)F)cc1[N+](=O)[O-]. The van der Waals surface area contributed by atoms with Crippen molar-refractivity contribution < 1.29 is 31.3 Å². The van der Waals surface area contributed by atoms with Crippen LogP contribution in [0.2, 0.25) is 0 Å². The van der Waals surface area contributed by atoms with Crippen LogP contribution >= 0.6 is 11.3 Å². The third-order valence-electron chi connectivity index (χ3n) is 2.62. The molecule has 0 spiro atoms. The van der Waals surface area contributed by atoms with Gasteiger partial charge in [-0.25, -0.2) is 4.68 Å². The average molecular weight is 360 g/mol. The topological polar surface area (TPSA) is 73.8 Å². The summed E-state index contributed by atoms with van der Waals surface area (Å²) >= 11 is 0.795. The van der Waals surface area contributed by atoms with Gasteiger partial charge in [0.05, 0.1) is 16.3 Å². The van der Waals surface area contributed by atoms with E-state index < -0.39 is 35.5 Å². The van der Waals surface area contributed by atoms with Gasteiger partial charge in [0.2, 0.25) is 5.82 Å². The molecule has 126 valence electrons. The molecule has 23 heavy (non-hydrogen) atoms. The van der Waals surface area contributed by atoms with Gasteiger partial charge in [-0.1, -0.05) is 0 Å². The van der Waals surface area contributed by atoms with E-state index in [1.54, 1.807) is 0 Å². The number of aromatic nitrogens is 3. The number of nitrogens with zero attached hydrogens (tertiary/aromatic N) is 4. The van der Waals surface area contributed by atoms with Crippen molar-refractivity contribution in [3.63, 3.8) is 0 Å². The van der Waals surface area contributed by atoms with Crippen molar-refractivity contribution in [1.29, 1.82) is 0 Å². The molecule has 0 unspecified atom stereocenters. The second-order valence-electron chi connectivity index (χ2n) is 4.32. The first-order valence-electron chi connectivity index (χ1n) is 5.72. The Bertz CT molecular complexity index is 748. The predicted octanol–water partition coefficient (Wildman–Crippen LogP) is 3.64. The number of hydrogen-bond donors (Lipinski definition) is 0. The number of hydrogen-bond acceptors (Lipinski definition) is 5. The van der Waals surface area contributed by atoms with Crippen LogP contribution in [0.5, 0.6) is 0 Å². The van der Waals surface area contributed by atoms with E-state index >= 15 is 0 Å². The molecular formula is C10H6F6N4O2S. The molecule has 0 atom stereocenters. The minimum absolute atomic E-state index is 0.0395. The number of nitro groups is 1. The molecule has 0 aliphatic carbocycles. The highest BCUT2D eigenvalue weighted by molar-refractivity contribution is 7.12. The summed E-state index contributed by atoms with van der Waals surface area (Å²) in [4.78, 5) is 12.7. The molecule has 0 radical (unpaired) electrons. The Morgan fingerprint density at radius 3 is 2.30 bits per heavy atom. The van der Waals surface area contributed by atoms with Crippen molar-refractivity contribution in [3.8, 4) is 0 Å². The van der Waals surface area contributed by atoms with E-state index in [-0.39, 0.29) is 20.1 Å². The molecule has 0 fully saturated rings. The van der Waals surface area contributed by atoms with Gasteiger partial charge in [-0.2, -0.15) is 31.3 Å². The quantitative estimate of drug-likeness (QED) is 0.476. The largest absolute Gasteiger partial charge is 0.453 e. The summed E-state index contributed by atoms with van der Waals surface area (Å²) in [5, 5.41) is 13.5. The highest BCUT2D eigenvalue weighted by atomic mass is 32.1. The summed E-state index contributed by atoms with van der Waals surface area (Å²) in [5.41, 5.74) is -0.324. The number of alkyl halides is 6. The first-order valence-corrected chi connectivity index (χ1v) is 6.54. The normalized spacial score (nSPS) is 12.7. The summed E-state index contributed by atoms with van der Waals surface area (Å²) < 4.78 is 75.8. The monoisotopic (exact) mass is 360 g/mol. The molecule has 0 N–H and O–H groups in total. The van der Waals surface area contributed by atoms with E-state index in [4.69, 9.17) is 0 Å². The molecule has 6 nitrogen and oxygen atoms in total. The third kappa shape index (κ3) is 3.60. The summed E-state index contributed by atoms with van der Waals surface area (Å²) in [6.07, 6.45) is -10.3.